The van der Waals surface area contributed by atoms with Crippen LogP contribution in [0.1, 0.15) is 26.2 Å². The topological polar surface area (TPSA) is 101 Å². The number of nitrogen functional groups attached to an aromatic ring is 1. The molecule has 5 N–H and O–H groups in total. The molecule has 0 aromatic heterocycles. The second kappa shape index (κ2) is 6.64. The van der Waals surface area contributed by atoms with Crippen LogP contribution in [0.2, 0.25) is 0 Å². The molecule has 1 aliphatic rings. The standard InChI is InChI=1S/C14H24N4O2S/c1-11(10-18-7-3-2-4-8-18)17-14-6-5-12(9-13(14)15)21(16,19)20/h5-6,9,11,17H,2-4,7-8,10,15H2,1H3,(H2,16,19,20). The van der Waals surface area contributed by atoms with Crippen LogP contribution in [0, 0.1) is 0 Å². The van der Waals surface area contributed by atoms with Gasteiger partial charge in [0.15, 0.2) is 0 Å². The van der Waals surface area contributed by atoms with Gasteiger partial charge in [-0.15, -0.1) is 0 Å². The van der Waals surface area contributed by atoms with E-state index in [-0.39, 0.29) is 10.9 Å². The number of anilines is 2. The van der Waals surface area contributed by atoms with Gasteiger partial charge in [0, 0.05) is 12.6 Å². The van der Waals surface area contributed by atoms with Crippen molar-refractivity contribution in [1.29, 1.82) is 0 Å². The van der Waals surface area contributed by atoms with Crippen LogP contribution in [0.25, 0.3) is 0 Å². The Kier molecular flexibility index (Phi) is 5.08. The molecular weight excluding hydrogens is 288 g/mol. The van der Waals surface area contributed by atoms with Crippen molar-refractivity contribution in [1.82, 2.24) is 4.90 Å². The lowest BCUT2D eigenvalue weighted by Crippen LogP contribution is -2.38. The Labute approximate surface area is 126 Å². The van der Waals surface area contributed by atoms with E-state index in [0.717, 1.165) is 25.3 Å². The number of likely N-dealkylation sites (tertiary alicyclic amines) is 1. The van der Waals surface area contributed by atoms with E-state index in [1.165, 1.54) is 31.4 Å². The molecule has 118 valence electrons. The molecule has 0 aliphatic carbocycles. The Balaban J connectivity index is 1.98. The summed E-state index contributed by atoms with van der Waals surface area (Å²) >= 11 is 0. The maximum absolute atomic E-state index is 11.3. The summed E-state index contributed by atoms with van der Waals surface area (Å²) in [7, 11) is -3.71. The molecule has 1 fully saturated rings. The SMILES string of the molecule is CC(CN1CCCCC1)Nc1ccc(S(N)(=O)=O)cc1N. The van der Waals surface area contributed by atoms with Crippen LogP contribution in [0.15, 0.2) is 23.1 Å². The highest BCUT2D eigenvalue weighted by atomic mass is 32.2. The molecule has 6 nitrogen and oxygen atoms in total. The minimum atomic E-state index is -3.71. The molecule has 0 bridgehead atoms. The minimum absolute atomic E-state index is 0.0363. The Bertz CT molecular complexity index is 583. The highest BCUT2D eigenvalue weighted by Crippen LogP contribution is 2.23. The number of sulfonamides is 1. The Hall–Kier alpha value is -1.31. The van der Waals surface area contributed by atoms with Crippen molar-refractivity contribution in [3.05, 3.63) is 18.2 Å². The Morgan fingerprint density at radius 2 is 1.95 bits per heavy atom. The molecule has 0 saturated carbocycles. The lowest BCUT2D eigenvalue weighted by molar-refractivity contribution is 0.223. The lowest BCUT2D eigenvalue weighted by Gasteiger charge is -2.30. The first kappa shape index (κ1) is 16.1. The fourth-order valence-corrected chi connectivity index (χ4v) is 3.24. The fourth-order valence-electron chi connectivity index (χ4n) is 2.69. The highest BCUT2D eigenvalue weighted by molar-refractivity contribution is 7.89. The number of nitrogens with one attached hydrogen (secondary N) is 1. The van der Waals surface area contributed by atoms with Crippen LogP contribution in [0.3, 0.4) is 0 Å². The van der Waals surface area contributed by atoms with Crippen molar-refractivity contribution in [2.75, 3.05) is 30.7 Å². The smallest absolute Gasteiger partial charge is 0.238 e. The van der Waals surface area contributed by atoms with Crippen LogP contribution in [-0.2, 0) is 10.0 Å². The highest BCUT2D eigenvalue weighted by Gasteiger charge is 2.15. The molecular formula is C14H24N4O2S. The van der Waals surface area contributed by atoms with E-state index in [1.807, 2.05) is 0 Å². The largest absolute Gasteiger partial charge is 0.397 e. The van der Waals surface area contributed by atoms with Crippen molar-refractivity contribution in [2.24, 2.45) is 5.14 Å². The van der Waals surface area contributed by atoms with Crippen LogP contribution in [0.5, 0.6) is 0 Å². The summed E-state index contributed by atoms with van der Waals surface area (Å²) in [5.41, 5.74) is 7.04. The summed E-state index contributed by atoms with van der Waals surface area (Å²) in [4.78, 5) is 2.48. The average molecular weight is 312 g/mol. The number of nitrogens with zero attached hydrogens (tertiary/aromatic N) is 1. The lowest BCUT2D eigenvalue weighted by atomic mass is 10.1. The molecule has 1 saturated heterocycles. The summed E-state index contributed by atoms with van der Waals surface area (Å²) in [6.07, 6.45) is 3.84. The van der Waals surface area contributed by atoms with Gasteiger partial charge < -0.3 is 16.0 Å². The first-order chi connectivity index (χ1) is 9.86. The predicted octanol–water partition coefficient (Wildman–Crippen LogP) is 1.20. The third-order valence-corrected chi connectivity index (χ3v) is 4.65. The second-order valence-electron chi connectivity index (χ2n) is 5.70. The Morgan fingerprint density at radius 3 is 2.52 bits per heavy atom. The van der Waals surface area contributed by atoms with Crippen LogP contribution in [-0.4, -0.2) is 39.0 Å². The number of primary sulfonamides is 1. The van der Waals surface area contributed by atoms with Gasteiger partial charge >= 0.3 is 0 Å². The molecule has 1 atom stereocenters. The van der Waals surface area contributed by atoms with Gasteiger partial charge in [-0.3, -0.25) is 0 Å². The molecule has 0 amide bonds. The normalized spacial score (nSPS) is 18.4. The summed E-state index contributed by atoms with van der Waals surface area (Å²) < 4.78 is 22.6. The van der Waals surface area contributed by atoms with Gasteiger partial charge in [0.1, 0.15) is 0 Å². The van der Waals surface area contributed by atoms with Crippen molar-refractivity contribution in [3.8, 4) is 0 Å². The maximum atomic E-state index is 11.3. The molecule has 21 heavy (non-hydrogen) atoms. The predicted molar refractivity (Wildman–Crippen MR) is 85.6 cm³/mol. The maximum Gasteiger partial charge on any atom is 0.238 e. The van der Waals surface area contributed by atoms with Crippen LogP contribution in [0.4, 0.5) is 11.4 Å². The fraction of sp³-hybridized carbons (Fsp3) is 0.571. The molecule has 0 radical (unpaired) electrons. The van der Waals surface area contributed by atoms with Gasteiger partial charge in [0.2, 0.25) is 10.0 Å². The van der Waals surface area contributed by atoms with Gasteiger partial charge in [0.25, 0.3) is 0 Å². The van der Waals surface area contributed by atoms with E-state index in [4.69, 9.17) is 10.9 Å². The van der Waals surface area contributed by atoms with E-state index in [0.29, 0.717) is 5.69 Å². The van der Waals surface area contributed by atoms with E-state index in [1.54, 1.807) is 6.07 Å². The number of hydrogen-bond donors (Lipinski definition) is 3. The van der Waals surface area contributed by atoms with E-state index in [9.17, 15) is 8.42 Å². The third kappa shape index (κ3) is 4.59. The van der Waals surface area contributed by atoms with Gasteiger partial charge in [-0.1, -0.05) is 6.42 Å². The average Bonchev–Trinajstić information content (AvgIpc) is 2.41. The third-order valence-electron chi connectivity index (χ3n) is 3.73. The minimum Gasteiger partial charge on any atom is -0.397 e. The number of piperidine rings is 1. The zero-order valence-electron chi connectivity index (χ0n) is 12.4. The quantitative estimate of drug-likeness (QED) is 0.709. The monoisotopic (exact) mass is 312 g/mol. The molecule has 2 rings (SSSR count). The first-order valence-electron chi connectivity index (χ1n) is 7.27. The molecule has 0 spiro atoms. The first-order valence-corrected chi connectivity index (χ1v) is 8.82. The van der Waals surface area contributed by atoms with Crippen molar-refractivity contribution >= 4 is 21.4 Å². The van der Waals surface area contributed by atoms with Crippen molar-refractivity contribution < 1.29 is 8.42 Å². The molecule has 1 heterocycles. The summed E-state index contributed by atoms with van der Waals surface area (Å²) in [5, 5.41) is 8.42. The van der Waals surface area contributed by atoms with Crippen molar-refractivity contribution in [3.63, 3.8) is 0 Å². The number of hydrogen-bond acceptors (Lipinski definition) is 5. The van der Waals surface area contributed by atoms with E-state index in [2.05, 4.69) is 17.1 Å². The molecule has 1 aromatic carbocycles. The number of nitrogens with two attached hydrogens (primary N) is 2. The van der Waals surface area contributed by atoms with Crippen LogP contribution < -0.4 is 16.2 Å². The summed E-state index contributed by atoms with van der Waals surface area (Å²) in [6, 6.07) is 4.78. The Morgan fingerprint density at radius 1 is 1.29 bits per heavy atom. The number of rotatable bonds is 5. The van der Waals surface area contributed by atoms with E-state index < -0.39 is 10.0 Å². The summed E-state index contributed by atoms with van der Waals surface area (Å²) in [6.45, 7) is 5.34. The number of benzene rings is 1. The van der Waals surface area contributed by atoms with Crippen LogP contribution >= 0.6 is 0 Å². The van der Waals surface area contributed by atoms with Gasteiger partial charge in [-0.05, 0) is 51.1 Å². The molecule has 1 unspecified atom stereocenters. The summed E-state index contributed by atoms with van der Waals surface area (Å²) in [5.74, 6) is 0. The van der Waals surface area contributed by atoms with Gasteiger partial charge in [-0.2, -0.15) is 0 Å². The van der Waals surface area contributed by atoms with Gasteiger partial charge in [0.05, 0.1) is 16.3 Å². The molecule has 1 aromatic rings. The molecule has 1 aliphatic heterocycles. The molecule has 7 heteroatoms. The van der Waals surface area contributed by atoms with Gasteiger partial charge in [-0.25, -0.2) is 13.6 Å². The zero-order valence-corrected chi connectivity index (χ0v) is 13.2. The zero-order chi connectivity index (χ0) is 15.5. The second-order valence-corrected chi connectivity index (χ2v) is 7.26. The van der Waals surface area contributed by atoms with Crippen molar-refractivity contribution in [2.45, 2.75) is 37.1 Å². The van der Waals surface area contributed by atoms with E-state index >= 15 is 0 Å².